The molecular formula is C12H14F2N2O2. The number of anilines is 1. The Morgan fingerprint density at radius 3 is 2.83 bits per heavy atom. The van der Waals surface area contributed by atoms with Gasteiger partial charge in [0.2, 0.25) is 0 Å². The van der Waals surface area contributed by atoms with Crippen molar-refractivity contribution < 1.29 is 18.7 Å². The average molecular weight is 256 g/mol. The van der Waals surface area contributed by atoms with Crippen LogP contribution in [0.25, 0.3) is 0 Å². The number of piperidine rings is 1. The van der Waals surface area contributed by atoms with Crippen molar-refractivity contribution in [2.75, 3.05) is 18.4 Å². The van der Waals surface area contributed by atoms with E-state index in [9.17, 15) is 18.7 Å². The van der Waals surface area contributed by atoms with Crippen LogP contribution in [0.4, 0.5) is 19.3 Å². The van der Waals surface area contributed by atoms with Crippen molar-refractivity contribution in [2.24, 2.45) is 0 Å². The van der Waals surface area contributed by atoms with Gasteiger partial charge < -0.3 is 15.3 Å². The molecule has 1 heterocycles. The van der Waals surface area contributed by atoms with Gasteiger partial charge in [-0.25, -0.2) is 13.6 Å². The van der Waals surface area contributed by atoms with E-state index in [-0.39, 0.29) is 12.2 Å². The van der Waals surface area contributed by atoms with Crippen LogP contribution >= 0.6 is 0 Å². The van der Waals surface area contributed by atoms with Crippen molar-refractivity contribution in [2.45, 2.75) is 18.9 Å². The lowest BCUT2D eigenvalue weighted by molar-refractivity contribution is 0.0883. The van der Waals surface area contributed by atoms with Gasteiger partial charge in [0, 0.05) is 24.8 Å². The summed E-state index contributed by atoms with van der Waals surface area (Å²) in [6.07, 6.45) is 0.885. The number of halogens is 2. The normalized spacial score (nSPS) is 19.7. The molecule has 0 saturated carbocycles. The Bertz CT molecular complexity index is 454. The van der Waals surface area contributed by atoms with Gasteiger partial charge in [0.1, 0.15) is 0 Å². The third-order valence-corrected chi connectivity index (χ3v) is 2.85. The first kappa shape index (κ1) is 12.8. The minimum Gasteiger partial charge on any atom is -0.391 e. The summed E-state index contributed by atoms with van der Waals surface area (Å²) in [5.74, 6) is -1.96. The van der Waals surface area contributed by atoms with Gasteiger partial charge in [-0.1, -0.05) is 0 Å². The monoisotopic (exact) mass is 256 g/mol. The Kier molecular flexibility index (Phi) is 3.76. The molecule has 0 radical (unpaired) electrons. The van der Waals surface area contributed by atoms with Gasteiger partial charge >= 0.3 is 6.03 Å². The third kappa shape index (κ3) is 2.95. The molecule has 0 spiro atoms. The van der Waals surface area contributed by atoms with E-state index in [0.717, 1.165) is 18.6 Å². The first-order valence-electron chi connectivity index (χ1n) is 5.75. The van der Waals surface area contributed by atoms with E-state index >= 15 is 0 Å². The fraction of sp³-hybridized carbons (Fsp3) is 0.417. The van der Waals surface area contributed by atoms with Crippen LogP contribution in [0.2, 0.25) is 0 Å². The maximum Gasteiger partial charge on any atom is 0.321 e. The molecule has 1 fully saturated rings. The Morgan fingerprint density at radius 2 is 2.17 bits per heavy atom. The molecule has 6 heteroatoms. The summed E-state index contributed by atoms with van der Waals surface area (Å²) < 4.78 is 25.7. The van der Waals surface area contributed by atoms with Crippen LogP contribution in [0.1, 0.15) is 12.8 Å². The Labute approximate surface area is 103 Å². The van der Waals surface area contributed by atoms with Crippen LogP contribution in [0.15, 0.2) is 18.2 Å². The molecule has 0 bridgehead atoms. The van der Waals surface area contributed by atoms with Crippen LogP contribution in [0, 0.1) is 11.6 Å². The number of rotatable bonds is 1. The quantitative estimate of drug-likeness (QED) is 0.807. The molecule has 0 aromatic heterocycles. The largest absolute Gasteiger partial charge is 0.391 e. The van der Waals surface area contributed by atoms with E-state index in [0.29, 0.717) is 13.0 Å². The smallest absolute Gasteiger partial charge is 0.321 e. The van der Waals surface area contributed by atoms with Gasteiger partial charge in [0.15, 0.2) is 11.6 Å². The maximum atomic E-state index is 13.0. The molecule has 0 aliphatic carbocycles. The summed E-state index contributed by atoms with van der Waals surface area (Å²) in [4.78, 5) is 13.3. The van der Waals surface area contributed by atoms with Crippen LogP contribution in [0.3, 0.4) is 0 Å². The average Bonchev–Trinajstić information content (AvgIpc) is 2.34. The van der Waals surface area contributed by atoms with E-state index < -0.39 is 23.8 Å². The van der Waals surface area contributed by atoms with Crippen LogP contribution in [-0.4, -0.2) is 35.2 Å². The number of β-amino-alcohol motifs (C(OH)–C–C–N with tert-alkyl or cyclic N) is 1. The summed E-state index contributed by atoms with van der Waals surface area (Å²) >= 11 is 0. The molecule has 1 aromatic carbocycles. The fourth-order valence-corrected chi connectivity index (χ4v) is 1.92. The number of nitrogens with zero attached hydrogens (tertiary/aromatic N) is 1. The number of hydrogen-bond donors (Lipinski definition) is 2. The molecule has 2 N–H and O–H groups in total. The zero-order valence-corrected chi connectivity index (χ0v) is 9.70. The first-order valence-corrected chi connectivity index (χ1v) is 5.75. The second-order valence-corrected chi connectivity index (χ2v) is 4.30. The Morgan fingerprint density at radius 1 is 1.39 bits per heavy atom. The topological polar surface area (TPSA) is 52.6 Å². The molecule has 1 aliphatic heterocycles. The van der Waals surface area contributed by atoms with Crippen molar-refractivity contribution in [3.8, 4) is 0 Å². The summed E-state index contributed by atoms with van der Waals surface area (Å²) in [7, 11) is 0. The number of hydrogen-bond acceptors (Lipinski definition) is 2. The fourth-order valence-electron chi connectivity index (χ4n) is 1.92. The number of carbonyl (C=O) groups is 1. The zero-order valence-electron chi connectivity index (χ0n) is 9.70. The Hall–Kier alpha value is -1.69. The summed E-state index contributed by atoms with van der Waals surface area (Å²) in [6, 6.07) is 2.75. The second-order valence-electron chi connectivity index (χ2n) is 4.30. The van der Waals surface area contributed by atoms with E-state index in [1.54, 1.807) is 0 Å². The number of urea groups is 1. The van der Waals surface area contributed by atoms with Crippen molar-refractivity contribution in [1.29, 1.82) is 0 Å². The van der Waals surface area contributed by atoms with E-state index in [1.165, 1.54) is 11.0 Å². The molecule has 98 valence electrons. The number of amides is 2. The van der Waals surface area contributed by atoms with E-state index in [1.807, 2.05) is 0 Å². The lowest BCUT2D eigenvalue weighted by Gasteiger charge is -2.30. The van der Waals surface area contributed by atoms with Crippen LogP contribution < -0.4 is 5.32 Å². The molecule has 2 amide bonds. The molecule has 1 aromatic rings. The summed E-state index contributed by atoms with van der Waals surface area (Å²) in [6.45, 7) is 0.808. The minimum absolute atomic E-state index is 0.193. The Balaban J connectivity index is 2.00. The SMILES string of the molecule is O=C(Nc1ccc(F)c(F)c1)N1CCCC(O)C1. The molecule has 1 saturated heterocycles. The van der Waals surface area contributed by atoms with Gasteiger partial charge in [-0.15, -0.1) is 0 Å². The van der Waals surface area contributed by atoms with Crippen LogP contribution in [0.5, 0.6) is 0 Å². The number of benzene rings is 1. The lowest BCUT2D eigenvalue weighted by atomic mass is 10.1. The molecule has 1 atom stereocenters. The van der Waals surface area contributed by atoms with Gasteiger partial charge in [0.05, 0.1) is 6.10 Å². The predicted octanol–water partition coefficient (Wildman–Crippen LogP) is 1.95. The van der Waals surface area contributed by atoms with Gasteiger partial charge in [-0.05, 0) is 25.0 Å². The highest BCUT2D eigenvalue weighted by Gasteiger charge is 2.22. The maximum absolute atomic E-state index is 13.0. The minimum atomic E-state index is -1.01. The molecular weight excluding hydrogens is 242 g/mol. The second kappa shape index (κ2) is 5.30. The highest BCUT2D eigenvalue weighted by molar-refractivity contribution is 5.89. The van der Waals surface area contributed by atoms with E-state index in [4.69, 9.17) is 0 Å². The number of aliphatic hydroxyl groups excluding tert-OH is 1. The highest BCUT2D eigenvalue weighted by atomic mass is 19.2. The van der Waals surface area contributed by atoms with Crippen LogP contribution in [-0.2, 0) is 0 Å². The predicted molar refractivity (Wildman–Crippen MR) is 62.2 cm³/mol. The highest BCUT2D eigenvalue weighted by Crippen LogP contribution is 2.15. The molecule has 1 aliphatic rings. The summed E-state index contributed by atoms with van der Waals surface area (Å²) in [5, 5.41) is 11.9. The molecule has 18 heavy (non-hydrogen) atoms. The van der Waals surface area contributed by atoms with E-state index in [2.05, 4.69) is 5.32 Å². The van der Waals surface area contributed by atoms with Crippen molar-refractivity contribution >= 4 is 11.7 Å². The van der Waals surface area contributed by atoms with Crippen molar-refractivity contribution in [3.63, 3.8) is 0 Å². The number of carbonyl (C=O) groups excluding carboxylic acids is 1. The lowest BCUT2D eigenvalue weighted by Crippen LogP contribution is -2.44. The number of likely N-dealkylation sites (tertiary alicyclic amines) is 1. The molecule has 2 rings (SSSR count). The van der Waals surface area contributed by atoms with Gasteiger partial charge in [-0.2, -0.15) is 0 Å². The van der Waals surface area contributed by atoms with Crippen molar-refractivity contribution in [1.82, 2.24) is 4.90 Å². The number of nitrogens with one attached hydrogen (secondary N) is 1. The molecule has 1 unspecified atom stereocenters. The summed E-state index contributed by atoms with van der Waals surface area (Å²) in [5.41, 5.74) is 0.193. The third-order valence-electron chi connectivity index (χ3n) is 2.85. The molecule has 4 nitrogen and oxygen atoms in total. The van der Waals surface area contributed by atoms with Crippen molar-refractivity contribution in [3.05, 3.63) is 29.8 Å². The van der Waals surface area contributed by atoms with Gasteiger partial charge in [-0.3, -0.25) is 0 Å². The zero-order chi connectivity index (χ0) is 13.1. The first-order chi connectivity index (χ1) is 8.56. The standard InChI is InChI=1S/C12H14F2N2O2/c13-10-4-3-8(6-11(10)14)15-12(18)16-5-1-2-9(17)7-16/h3-4,6,9,17H,1-2,5,7H2,(H,15,18). The number of aliphatic hydroxyl groups is 1. The van der Waals surface area contributed by atoms with Gasteiger partial charge in [0.25, 0.3) is 0 Å².